The van der Waals surface area contributed by atoms with Gasteiger partial charge < -0.3 is 19.7 Å². The van der Waals surface area contributed by atoms with Crippen LogP contribution < -0.4 is 10.0 Å². The van der Waals surface area contributed by atoms with Crippen LogP contribution >= 0.6 is 11.3 Å². The van der Waals surface area contributed by atoms with Gasteiger partial charge in [-0.1, -0.05) is 17.3 Å². The van der Waals surface area contributed by atoms with Gasteiger partial charge in [0.15, 0.2) is 0 Å². The first-order valence-corrected chi connectivity index (χ1v) is 14.3. The Morgan fingerprint density at radius 2 is 1.93 bits per heavy atom. The Hall–Kier alpha value is -3.31. The maximum Gasteiger partial charge on any atom is 0.452 e. The first kappa shape index (κ1) is 28.2. The van der Waals surface area contributed by atoms with Crippen LogP contribution in [0.3, 0.4) is 0 Å². The average Bonchev–Trinajstić information content (AvgIpc) is 3.24. The van der Waals surface area contributed by atoms with Crippen LogP contribution in [-0.4, -0.2) is 73.8 Å². The van der Waals surface area contributed by atoms with Gasteiger partial charge in [-0.05, 0) is 36.2 Å². The van der Waals surface area contributed by atoms with Gasteiger partial charge in [-0.3, -0.25) is 14.5 Å². The molecule has 2 aliphatic rings. The number of hydrogen-bond donors (Lipinski definition) is 3. The number of carboxylic acids is 1. The number of thiophene rings is 1. The van der Waals surface area contributed by atoms with Gasteiger partial charge in [-0.25, -0.2) is 8.42 Å². The summed E-state index contributed by atoms with van der Waals surface area (Å²) in [6, 6.07) is 9.60. The van der Waals surface area contributed by atoms with E-state index >= 15 is 0 Å². The highest BCUT2D eigenvalue weighted by molar-refractivity contribution is 7.91. The van der Waals surface area contributed by atoms with Crippen LogP contribution in [0.2, 0.25) is 0 Å². The number of amides is 1. The third-order valence-corrected chi connectivity index (χ3v) is 9.70. The zero-order valence-corrected chi connectivity index (χ0v) is 22.2. The molecule has 3 N–H and O–H groups in total. The summed E-state index contributed by atoms with van der Waals surface area (Å²) in [4.78, 5) is 26.8. The number of halogens is 3. The Kier molecular flexibility index (Phi) is 7.47. The molecule has 0 bridgehead atoms. The summed E-state index contributed by atoms with van der Waals surface area (Å²) in [5.74, 6) is -3.68. The number of carbonyl (C=O) groups is 2. The molecule has 1 saturated carbocycles. The first-order chi connectivity index (χ1) is 18.9. The molecule has 2 atom stereocenters. The van der Waals surface area contributed by atoms with E-state index in [0.717, 1.165) is 6.07 Å². The van der Waals surface area contributed by atoms with E-state index in [1.54, 1.807) is 24.3 Å². The predicted molar refractivity (Wildman–Crippen MR) is 135 cm³/mol. The fourth-order valence-corrected chi connectivity index (χ4v) is 7.13. The highest BCUT2D eigenvalue weighted by Gasteiger charge is 2.63. The van der Waals surface area contributed by atoms with Gasteiger partial charge in [-0.15, -0.1) is 11.3 Å². The largest absolute Gasteiger partial charge is 0.480 e. The van der Waals surface area contributed by atoms with Crippen LogP contribution in [0, 0.1) is 0 Å². The molecule has 2 fully saturated rings. The zero-order chi connectivity index (χ0) is 28.7. The van der Waals surface area contributed by atoms with Crippen molar-refractivity contribution in [3.63, 3.8) is 0 Å². The molecule has 2 aromatic heterocycles. The molecule has 214 valence electrons. The van der Waals surface area contributed by atoms with Crippen molar-refractivity contribution in [2.45, 2.75) is 28.3 Å². The van der Waals surface area contributed by atoms with E-state index < -0.39 is 39.4 Å². The monoisotopic (exact) mass is 600 g/mol. The van der Waals surface area contributed by atoms with Crippen LogP contribution in [-0.2, 0) is 30.5 Å². The molecule has 3 aromatic rings. The number of carbonyl (C=O) groups excluding carboxylic acids is 1. The molecule has 1 saturated heterocycles. The van der Waals surface area contributed by atoms with E-state index in [0.29, 0.717) is 55.0 Å². The number of sulfonamides is 1. The van der Waals surface area contributed by atoms with Crippen LogP contribution in [0.1, 0.15) is 23.7 Å². The van der Waals surface area contributed by atoms with Crippen molar-refractivity contribution < 1.29 is 45.5 Å². The topological polar surface area (TPSA) is 151 Å². The molecule has 16 heteroatoms. The molecule has 11 nitrogen and oxygen atoms in total. The number of rotatable bonds is 9. The molecule has 0 unspecified atom stereocenters. The number of aromatic nitrogens is 1. The van der Waals surface area contributed by atoms with Crippen molar-refractivity contribution in [1.29, 1.82) is 0 Å². The lowest BCUT2D eigenvalue weighted by molar-refractivity contribution is -0.155. The number of nitrogens with zero attached hydrogens (tertiary/aromatic N) is 2. The van der Waals surface area contributed by atoms with Crippen LogP contribution in [0.15, 0.2) is 51.2 Å². The maximum absolute atomic E-state index is 13.1. The Balaban J connectivity index is 1.29. The first-order valence-electron chi connectivity index (χ1n) is 12.0. The molecule has 1 aliphatic carbocycles. The Labute approximate surface area is 230 Å². The van der Waals surface area contributed by atoms with E-state index in [1.807, 2.05) is 4.90 Å². The van der Waals surface area contributed by atoms with Crippen LogP contribution in [0.4, 0.5) is 18.9 Å². The molecule has 3 heterocycles. The summed E-state index contributed by atoms with van der Waals surface area (Å²) < 4.78 is 76.2. The SMILES string of the molecule is O=C(CN1CCOCC1)Nc1cccc([C@@H]2C[C@@]2(NS(=O)(=O)c2ccc(-c3cc(C(F)(F)F)on3)s2)C(=O)O)c1. The lowest BCUT2D eigenvalue weighted by Crippen LogP contribution is -2.44. The lowest BCUT2D eigenvalue weighted by Gasteiger charge is -2.25. The van der Waals surface area contributed by atoms with Crippen molar-refractivity contribution >= 4 is 38.9 Å². The zero-order valence-electron chi connectivity index (χ0n) is 20.6. The number of benzene rings is 1. The Morgan fingerprint density at radius 1 is 1.18 bits per heavy atom. The third kappa shape index (κ3) is 5.90. The second kappa shape index (κ2) is 10.6. The number of morpholine rings is 1. The van der Waals surface area contributed by atoms with Gasteiger partial charge in [0.2, 0.25) is 11.7 Å². The van der Waals surface area contributed by atoms with Crippen molar-refractivity contribution in [3.05, 3.63) is 53.8 Å². The summed E-state index contributed by atoms with van der Waals surface area (Å²) in [6.45, 7) is 2.53. The van der Waals surface area contributed by atoms with Gasteiger partial charge in [0, 0.05) is 30.8 Å². The minimum Gasteiger partial charge on any atom is -0.480 e. The van der Waals surface area contributed by atoms with Crippen molar-refractivity contribution in [3.8, 4) is 10.6 Å². The van der Waals surface area contributed by atoms with E-state index in [-0.39, 0.29) is 33.7 Å². The summed E-state index contributed by atoms with van der Waals surface area (Å²) in [5, 5.41) is 16.1. The Bertz CT molecular complexity index is 1530. The molecule has 5 rings (SSSR count). The maximum atomic E-state index is 13.1. The second-order valence-electron chi connectivity index (χ2n) is 9.39. The van der Waals surface area contributed by atoms with Crippen molar-refractivity contribution in [2.75, 3.05) is 38.2 Å². The number of ether oxygens (including phenoxy) is 1. The minimum atomic E-state index is -4.75. The molecule has 0 spiro atoms. The number of hydrogen-bond acceptors (Lipinski definition) is 9. The number of alkyl halides is 3. The molecule has 0 radical (unpaired) electrons. The number of nitrogens with one attached hydrogen (secondary N) is 2. The van der Waals surface area contributed by atoms with Crippen molar-refractivity contribution in [2.24, 2.45) is 0 Å². The van der Waals surface area contributed by atoms with Crippen LogP contribution in [0.5, 0.6) is 0 Å². The van der Waals surface area contributed by atoms with Crippen molar-refractivity contribution in [1.82, 2.24) is 14.8 Å². The summed E-state index contributed by atoms with van der Waals surface area (Å²) >= 11 is 0.625. The van der Waals surface area contributed by atoms with E-state index in [1.165, 1.54) is 6.07 Å². The Morgan fingerprint density at radius 3 is 2.60 bits per heavy atom. The van der Waals surface area contributed by atoms with Crippen LogP contribution in [0.25, 0.3) is 10.6 Å². The predicted octanol–water partition coefficient (Wildman–Crippen LogP) is 2.98. The summed E-state index contributed by atoms with van der Waals surface area (Å²) in [6.07, 6.45) is -4.79. The van der Waals surface area contributed by atoms with Gasteiger partial charge in [0.05, 0.1) is 24.6 Å². The van der Waals surface area contributed by atoms with E-state index in [9.17, 15) is 36.3 Å². The normalized spacial score (nSPS) is 21.7. The number of aliphatic carboxylic acids is 1. The smallest absolute Gasteiger partial charge is 0.452 e. The lowest BCUT2D eigenvalue weighted by atomic mass is 10.1. The second-order valence-corrected chi connectivity index (χ2v) is 12.4. The summed E-state index contributed by atoms with van der Waals surface area (Å²) in [5.41, 5.74) is -1.08. The van der Waals surface area contributed by atoms with Gasteiger partial charge in [0.1, 0.15) is 15.4 Å². The quantitative estimate of drug-likeness (QED) is 0.337. The molecule has 1 amide bonds. The number of anilines is 1. The average molecular weight is 601 g/mol. The highest BCUT2D eigenvalue weighted by Crippen LogP contribution is 2.53. The van der Waals surface area contributed by atoms with Gasteiger partial charge in [0.25, 0.3) is 10.0 Å². The van der Waals surface area contributed by atoms with E-state index in [4.69, 9.17) is 4.74 Å². The highest BCUT2D eigenvalue weighted by atomic mass is 32.2. The molecule has 1 aromatic carbocycles. The van der Waals surface area contributed by atoms with E-state index in [2.05, 4.69) is 19.7 Å². The minimum absolute atomic E-state index is 0.0385. The molecule has 40 heavy (non-hydrogen) atoms. The van der Waals surface area contributed by atoms with Gasteiger partial charge in [-0.2, -0.15) is 17.9 Å². The fourth-order valence-electron chi connectivity index (χ4n) is 4.47. The summed E-state index contributed by atoms with van der Waals surface area (Å²) in [7, 11) is -4.37. The molecular weight excluding hydrogens is 577 g/mol. The van der Waals surface area contributed by atoms with Gasteiger partial charge >= 0.3 is 12.1 Å². The molecule has 1 aliphatic heterocycles. The standard InChI is InChI=1S/C24H23F3N4O7S2/c25-24(26,27)19-11-17(29-38-19)18-4-5-21(39-18)40(35,36)30-23(22(33)34)12-16(23)14-2-1-3-15(10-14)28-20(32)13-31-6-8-37-9-7-31/h1-5,10-11,16,30H,6-9,12-13H2,(H,28,32)(H,33,34)/t16-,23-/m0/s1. The third-order valence-electron chi connectivity index (χ3n) is 6.59. The number of carboxylic acid groups (broad SMARTS) is 1. The fraction of sp³-hybridized carbons (Fsp3) is 0.375. The molecular formula is C24H23F3N4O7S2.